The molecule has 3 rings (SSSR count). The Morgan fingerprint density at radius 2 is 2.05 bits per heavy atom. The number of aromatic nitrogens is 4. The highest BCUT2D eigenvalue weighted by Gasteiger charge is 2.11. The third-order valence-corrected chi connectivity index (χ3v) is 3.33. The number of methoxy groups -OCH3 is 1. The van der Waals surface area contributed by atoms with Crippen LogP contribution < -0.4 is 11.1 Å². The number of nitrogens with one attached hydrogen (secondary N) is 1. The first-order valence-corrected chi connectivity index (χ1v) is 7.02. The quantitative estimate of drug-likeness (QED) is 0.670. The van der Waals surface area contributed by atoms with Crippen molar-refractivity contribution < 1.29 is 4.74 Å². The molecule has 3 aromatic heterocycles. The summed E-state index contributed by atoms with van der Waals surface area (Å²) in [6.45, 7) is 1.97. The molecule has 0 saturated heterocycles. The minimum atomic E-state index is 0.258. The lowest BCUT2D eigenvalue weighted by Gasteiger charge is -2.11. The van der Waals surface area contributed by atoms with Gasteiger partial charge in [-0.1, -0.05) is 0 Å². The van der Waals surface area contributed by atoms with Gasteiger partial charge in [0.05, 0.1) is 12.1 Å². The molecule has 0 aliphatic rings. The predicted octanol–water partition coefficient (Wildman–Crippen LogP) is 1.52. The lowest BCUT2D eigenvalue weighted by molar-refractivity contribution is 0.210. The van der Waals surface area contributed by atoms with Crippen molar-refractivity contribution in [1.82, 2.24) is 19.5 Å². The highest BCUT2D eigenvalue weighted by molar-refractivity contribution is 5.87. The topological polar surface area (TPSA) is 90.9 Å². The van der Waals surface area contributed by atoms with E-state index in [-0.39, 0.29) is 5.95 Å². The SMILES string of the molecule is COCCNc1nc(N)nc2ccn(Cc3ccncc3)c12. The van der Waals surface area contributed by atoms with Crippen LogP contribution in [0, 0.1) is 0 Å². The molecule has 0 aliphatic heterocycles. The van der Waals surface area contributed by atoms with Crippen LogP contribution in [0.4, 0.5) is 11.8 Å². The molecule has 0 radical (unpaired) electrons. The van der Waals surface area contributed by atoms with E-state index in [0.717, 1.165) is 29.0 Å². The Kier molecular flexibility index (Phi) is 4.15. The molecule has 0 unspecified atom stereocenters. The minimum Gasteiger partial charge on any atom is -0.383 e. The van der Waals surface area contributed by atoms with Crippen LogP contribution in [0.2, 0.25) is 0 Å². The molecule has 0 bridgehead atoms. The van der Waals surface area contributed by atoms with Crippen molar-refractivity contribution in [3.8, 4) is 0 Å². The van der Waals surface area contributed by atoms with Crippen molar-refractivity contribution in [3.05, 3.63) is 42.4 Å². The highest BCUT2D eigenvalue weighted by atomic mass is 16.5. The van der Waals surface area contributed by atoms with E-state index in [9.17, 15) is 0 Å². The first-order valence-electron chi connectivity index (χ1n) is 7.02. The Morgan fingerprint density at radius 1 is 1.23 bits per heavy atom. The van der Waals surface area contributed by atoms with Crippen molar-refractivity contribution in [3.63, 3.8) is 0 Å². The minimum absolute atomic E-state index is 0.258. The van der Waals surface area contributed by atoms with Crippen LogP contribution in [-0.2, 0) is 11.3 Å². The van der Waals surface area contributed by atoms with Gasteiger partial charge in [0, 0.05) is 38.8 Å². The molecule has 0 amide bonds. The number of nitrogens with zero attached hydrogens (tertiary/aromatic N) is 4. The van der Waals surface area contributed by atoms with Gasteiger partial charge in [-0.05, 0) is 23.8 Å². The molecule has 0 spiro atoms. The molecule has 0 aliphatic carbocycles. The Labute approximate surface area is 128 Å². The van der Waals surface area contributed by atoms with Crippen LogP contribution in [-0.4, -0.2) is 39.8 Å². The molecule has 7 nitrogen and oxygen atoms in total. The van der Waals surface area contributed by atoms with Crippen LogP contribution in [0.15, 0.2) is 36.8 Å². The zero-order chi connectivity index (χ0) is 15.4. The maximum Gasteiger partial charge on any atom is 0.222 e. The standard InChI is InChI=1S/C15H18N6O/c1-22-9-7-18-14-13-12(19-15(16)20-14)4-8-21(13)10-11-2-5-17-6-3-11/h2-6,8H,7,9-10H2,1H3,(H3,16,18,19,20). The second-order valence-electron chi connectivity index (χ2n) is 4.88. The molecule has 22 heavy (non-hydrogen) atoms. The number of ether oxygens (including phenoxy) is 1. The second kappa shape index (κ2) is 6.40. The van der Waals surface area contributed by atoms with Crippen LogP contribution in [0.25, 0.3) is 11.0 Å². The normalized spacial score (nSPS) is 11.0. The third kappa shape index (κ3) is 2.99. The number of hydrogen-bond acceptors (Lipinski definition) is 6. The fraction of sp³-hybridized carbons (Fsp3) is 0.267. The summed E-state index contributed by atoms with van der Waals surface area (Å²) in [5, 5.41) is 3.25. The van der Waals surface area contributed by atoms with E-state index in [2.05, 4.69) is 24.8 Å². The van der Waals surface area contributed by atoms with Crippen LogP contribution in [0.3, 0.4) is 0 Å². The molecule has 0 fully saturated rings. The van der Waals surface area contributed by atoms with E-state index in [1.807, 2.05) is 24.4 Å². The average molecular weight is 298 g/mol. The molecule has 0 atom stereocenters. The number of anilines is 2. The smallest absolute Gasteiger partial charge is 0.222 e. The third-order valence-electron chi connectivity index (χ3n) is 3.33. The summed E-state index contributed by atoms with van der Waals surface area (Å²) in [6.07, 6.45) is 5.56. The van der Waals surface area contributed by atoms with Crippen LogP contribution in [0.5, 0.6) is 0 Å². The maximum absolute atomic E-state index is 5.78. The van der Waals surface area contributed by atoms with Gasteiger partial charge < -0.3 is 20.4 Å². The Balaban J connectivity index is 1.96. The summed E-state index contributed by atoms with van der Waals surface area (Å²) in [7, 11) is 1.66. The summed E-state index contributed by atoms with van der Waals surface area (Å²) in [4.78, 5) is 12.6. The Morgan fingerprint density at radius 3 is 2.82 bits per heavy atom. The van der Waals surface area contributed by atoms with Gasteiger partial charge in [-0.3, -0.25) is 4.98 Å². The van der Waals surface area contributed by atoms with Crippen molar-refractivity contribution in [1.29, 1.82) is 0 Å². The molecule has 0 aromatic carbocycles. The molecular formula is C15H18N6O. The Bertz CT molecular complexity index is 755. The van der Waals surface area contributed by atoms with Crippen molar-refractivity contribution >= 4 is 22.8 Å². The van der Waals surface area contributed by atoms with Gasteiger partial charge in [-0.25, -0.2) is 4.98 Å². The summed E-state index contributed by atoms with van der Waals surface area (Å²) in [5.41, 5.74) is 8.69. The van der Waals surface area contributed by atoms with Gasteiger partial charge in [0.2, 0.25) is 5.95 Å². The lowest BCUT2D eigenvalue weighted by atomic mass is 10.2. The second-order valence-corrected chi connectivity index (χ2v) is 4.88. The van der Waals surface area contributed by atoms with Crippen LogP contribution >= 0.6 is 0 Å². The zero-order valence-corrected chi connectivity index (χ0v) is 12.4. The summed E-state index contributed by atoms with van der Waals surface area (Å²) >= 11 is 0. The first kappa shape index (κ1) is 14.3. The van der Waals surface area contributed by atoms with Crippen molar-refractivity contribution in [2.24, 2.45) is 0 Å². The number of fused-ring (bicyclic) bond motifs is 1. The summed E-state index contributed by atoms with van der Waals surface area (Å²) in [5.74, 6) is 0.979. The highest BCUT2D eigenvalue weighted by Crippen LogP contribution is 2.23. The number of nitrogen functional groups attached to an aromatic ring is 1. The van der Waals surface area contributed by atoms with Crippen molar-refractivity contribution in [2.45, 2.75) is 6.54 Å². The van der Waals surface area contributed by atoms with Crippen LogP contribution in [0.1, 0.15) is 5.56 Å². The Hall–Kier alpha value is -2.67. The fourth-order valence-corrected chi connectivity index (χ4v) is 2.34. The number of nitrogens with two attached hydrogens (primary N) is 1. The molecule has 114 valence electrons. The molecule has 3 aromatic rings. The fourth-order valence-electron chi connectivity index (χ4n) is 2.34. The average Bonchev–Trinajstić information content (AvgIpc) is 2.91. The first-order chi connectivity index (χ1) is 10.8. The molecule has 3 heterocycles. The lowest BCUT2D eigenvalue weighted by Crippen LogP contribution is -2.12. The van der Waals surface area contributed by atoms with Gasteiger partial charge in [0.1, 0.15) is 5.52 Å². The number of pyridine rings is 1. The number of rotatable bonds is 6. The summed E-state index contributed by atoms with van der Waals surface area (Å²) in [6, 6.07) is 5.92. The van der Waals surface area contributed by atoms with Crippen molar-refractivity contribution in [2.75, 3.05) is 31.3 Å². The van der Waals surface area contributed by atoms with Gasteiger partial charge >= 0.3 is 0 Å². The predicted molar refractivity (Wildman–Crippen MR) is 85.6 cm³/mol. The molecule has 7 heteroatoms. The van der Waals surface area contributed by atoms with Gasteiger partial charge in [0.15, 0.2) is 5.82 Å². The van der Waals surface area contributed by atoms with E-state index in [1.54, 1.807) is 19.5 Å². The molecule has 3 N–H and O–H groups in total. The zero-order valence-electron chi connectivity index (χ0n) is 12.4. The van der Waals surface area contributed by atoms with E-state index in [4.69, 9.17) is 10.5 Å². The number of hydrogen-bond donors (Lipinski definition) is 2. The summed E-state index contributed by atoms with van der Waals surface area (Å²) < 4.78 is 7.16. The maximum atomic E-state index is 5.78. The van der Waals surface area contributed by atoms with Gasteiger partial charge in [-0.2, -0.15) is 4.98 Å². The van der Waals surface area contributed by atoms with Gasteiger partial charge in [-0.15, -0.1) is 0 Å². The van der Waals surface area contributed by atoms with E-state index in [1.165, 1.54) is 0 Å². The monoisotopic (exact) mass is 298 g/mol. The molecular weight excluding hydrogens is 280 g/mol. The van der Waals surface area contributed by atoms with Gasteiger partial charge in [0.25, 0.3) is 0 Å². The van der Waals surface area contributed by atoms with E-state index >= 15 is 0 Å². The largest absolute Gasteiger partial charge is 0.383 e. The molecule has 0 saturated carbocycles. The van der Waals surface area contributed by atoms with E-state index < -0.39 is 0 Å². The van der Waals surface area contributed by atoms with E-state index in [0.29, 0.717) is 13.2 Å².